The number of rotatable bonds is 9. The van der Waals surface area contributed by atoms with Gasteiger partial charge in [-0.15, -0.1) is 0 Å². The molecule has 1 amide bonds. The minimum Gasteiger partial charge on any atom is -0.497 e. The van der Waals surface area contributed by atoms with Crippen LogP contribution in [0.1, 0.15) is 41.6 Å². The zero-order valence-corrected chi connectivity index (χ0v) is 22.4. The molecule has 2 aromatic carbocycles. The van der Waals surface area contributed by atoms with Crippen molar-refractivity contribution in [2.45, 2.75) is 50.9 Å². The number of hydrogen-bond donors (Lipinski definition) is 2. The van der Waals surface area contributed by atoms with Gasteiger partial charge in [-0.1, -0.05) is 6.07 Å². The van der Waals surface area contributed by atoms with Crippen molar-refractivity contribution in [1.29, 1.82) is 0 Å². The van der Waals surface area contributed by atoms with Crippen LogP contribution in [0.25, 0.3) is 10.9 Å². The smallest absolute Gasteiger partial charge is 0.252 e. The Hall–Kier alpha value is -3.56. The average Bonchev–Trinajstić information content (AvgIpc) is 3.79. The molecular weight excluding hydrogens is 496 g/mol. The largest absolute Gasteiger partial charge is 0.497 e. The number of ether oxygens (including phenoxy) is 3. The van der Waals surface area contributed by atoms with Crippen molar-refractivity contribution in [3.05, 3.63) is 63.9 Å². The predicted octanol–water partition coefficient (Wildman–Crippen LogP) is 2.93. The number of likely N-dealkylation sites (tertiary alicyclic amines) is 1. The number of nitrogens with one attached hydrogen (secondary N) is 2. The number of methoxy groups -OCH3 is 1. The monoisotopic (exact) mass is 532 g/mol. The summed E-state index contributed by atoms with van der Waals surface area (Å²) in [5.74, 6) is 2.13. The number of hydrogen-bond acceptors (Lipinski definition) is 7. The Balaban J connectivity index is 1.07. The van der Waals surface area contributed by atoms with Gasteiger partial charge < -0.3 is 34.3 Å². The lowest BCUT2D eigenvalue weighted by atomic mass is 10.0. The summed E-state index contributed by atoms with van der Waals surface area (Å²) in [6.45, 7) is 5.26. The molecule has 206 valence electrons. The van der Waals surface area contributed by atoms with E-state index in [0.717, 1.165) is 74.3 Å². The fourth-order valence-corrected chi connectivity index (χ4v) is 5.46. The first-order valence-corrected chi connectivity index (χ1v) is 13.9. The molecule has 2 fully saturated rings. The van der Waals surface area contributed by atoms with E-state index < -0.39 is 0 Å². The zero-order valence-electron chi connectivity index (χ0n) is 22.4. The lowest BCUT2D eigenvalue weighted by Crippen LogP contribution is -2.43. The second-order valence-corrected chi connectivity index (χ2v) is 10.7. The van der Waals surface area contributed by atoms with Gasteiger partial charge in [-0.3, -0.25) is 9.59 Å². The van der Waals surface area contributed by atoms with E-state index in [4.69, 9.17) is 14.2 Å². The van der Waals surface area contributed by atoms with Gasteiger partial charge in [-0.25, -0.2) is 0 Å². The Bertz CT molecular complexity index is 1410. The Morgan fingerprint density at radius 3 is 2.51 bits per heavy atom. The predicted molar refractivity (Wildman–Crippen MR) is 149 cm³/mol. The van der Waals surface area contributed by atoms with Crippen LogP contribution in [0.15, 0.2) is 47.3 Å². The number of fused-ring (bicyclic) bond motifs is 2. The number of benzene rings is 2. The van der Waals surface area contributed by atoms with E-state index in [0.29, 0.717) is 37.1 Å². The van der Waals surface area contributed by atoms with Crippen LogP contribution >= 0.6 is 0 Å². The van der Waals surface area contributed by atoms with Crippen LogP contribution in [0.2, 0.25) is 0 Å². The second-order valence-electron chi connectivity index (χ2n) is 10.7. The molecule has 2 aliphatic heterocycles. The molecule has 0 bridgehead atoms. The van der Waals surface area contributed by atoms with Gasteiger partial charge in [-0.05, 0) is 68.6 Å². The molecule has 3 heterocycles. The molecule has 3 aromatic rings. The van der Waals surface area contributed by atoms with E-state index in [1.54, 1.807) is 11.7 Å². The van der Waals surface area contributed by atoms with E-state index >= 15 is 0 Å². The highest BCUT2D eigenvalue weighted by Gasteiger charge is 2.26. The van der Waals surface area contributed by atoms with Crippen LogP contribution in [0.5, 0.6) is 17.2 Å². The van der Waals surface area contributed by atoms with Gasteiger partial charge in [0, 0.05) is 49.2 Å². The molecule has 0 spiro atoms. The standard InChI is InChI=1S/C30H36N4O5/c1-37-23-5-6-24-25(30(36)32-22-3-4-22)18-29(35)34(26(24)17-23)13-12-33-10-8-21(9-11-33)31-19-20-2-7-27-28(16-20)39-15-14-38-27/h2,5-7,16-18,21-22,31H,3-4,8-15,19H2,1H3,(H,32,36). The third-order valence-electron chi connectivity index (χ3n) is 7.91. The summed E-state index contributed by atoms with van der Waals surface area (Å²) < 4.78 is 18.5. The Morgan fingerprint density at radius 1 is 0.949 bits per heavy atom. The molecular formula is C30H36N4O5. The molecule has 9 nitrogen and oxygen atoms in total. The lowest BCUT2D eigenvalue weighted by molar-refractivity contribution is 0.0952. The Morgan fingerprint density at radius 2 is 1.74 bits per heavy atom. The summed E-state index contributed by atoms with van der Waals surface area (Å²) in [5, 5.41) is 7.48. The molecule has 9 heteroatoms. The number of amides is 1. The highest BCUT2D eigenvalue weighted by Crippen LogP contribution is 2.31. The first-order valence-electron chi connectivity index (χ1n) is 13.9. The van der Waals surface area contributed by atoms with Crippen LogP contribution in [-0.2, 0) is 13.1 Å². The van der Waals surface area contributed by atoms with Gasteiger partial charge in [-0.2, -0.15) is 0 Å². The van der Waals surface area contributed by atoms with Crippen molar-refractivity contribution in [3.63, 3.8) is 0 Å². The van der Waals surface area contributed by atoms with Crippen molar-refractivity contribution < 1.29 is 19.0 Å². The summed E-state index contributed by atoms with van der Waals surface area (Å²) in [6, 6.07) is 13.9. The first kappa shape index (κ1) is 25.7. The van der Waals surface area contributed by atoms with Gasteiger partial charge in [0.15, 0.2) is 11.5 Å². The molecule has 2 N–H and O–H groups in total. The molecule has 1 saturated heterocycles. The number of carbonyl (C=O) groups is 1. The molecule has 6 rings (SSSR count). The van der Waals surface area contributed by atoms with Crippen molar-refractivity contribution in [2.75, 3.05) is 40.0 Å². The molecule has 3 aliphatic rings. The van der Waals surface area contributed by atoms with E-state index in [2.05, 4.69) is 27.7 Å². The number of piperidine rings is 1. The maximum atomic E-state index is 13.2. The highest BCUT2D eigenvalue weighted by atomic mass is 16.6. The fourth-order valence-electron chi connectivity index (χ4n) is 5.46. The maximum Gasteiger partial charge on any atom is 0.252 e. The quantitative estimate of drug-likeness (QED) is 0.438. The second kappa shape index (κ2) is 11.3. The summed E-state index contributed by atoms with van der Waals surface area (Å²) in [5.41, 5.74) is 2.20. The topological polar surface area (TPSA) is 94.1 Å². The summed E-state index contributed by atoms with van der Waals surface area (Å²) in [6.07, 6.45) is 4.10. The fraction of sp³-hybridized carbons (Fsp3) is 0.467. The summed E-state index contributed by atoms with van der Waals surface area (Å²) in [4.78, 5) is 28.5. The minimum absolute atomic E-state index is 0.160. The molecule has 1 aromatic heterocycles. The molecule has 0 radical (unpaired) electrons. The molecule has 0 atom stereocenters. The number of nitrogens with zero attached hydrogens (tertiary/aromatic N) is 2. The molecule has 1 aliphatic carbocycles. The van der Waals surface area contributed by atoms with Gasteiger partial charge in [0.2, 0.25) is 0 Å². The number of aromatic nitrogens is 1. The van der Waals surface area contributed by atoms with E-state index in [-0.39, 0.29) is 17.5 Å². The van der Waals surface area contributed by atoms with E-state index in [1.165, 1.54) is 11.6 Å². The van der Waals surface area contributed by atoms with Crippen molar-refractivity contribution in [1.82, 2.24) is 20.1 Å². The Kier molecular flexibility index (Phi) is 7.43. The highest BCUT2D eigenvalue weighted by molar-refractivity contribution is 6.06. The lowest BCUT2D eigenvalue weighted by Gasteiger charge is -2.32. The van der Waals surface area contributed by atoms with Crippen LogP contribution in [0, 0.1) is 0 Å². The van der Waals surface area contributed by atoms with Crippen LogP contribution in [-0.4, -0.2) is 67.4 Å². The zero-order chi connectivity index (χ0) is 26.8. The van der Waals surface area contributed by atoms with Crippen molar-refractivity contribution >= 4 is 16.8 Å². The van der Waals surface area contributed by atoms with Gasteiger partial charge >= 0.3 is 0 Å². The van der Waals surface area contributed by atoms with E-state index in [1.807, 2.05) is 24.3 Å². The van der Waals surface area contributed by atoms with Crippen LogP contribution < -0.4 is 30.4 Å². The van der Waals surface area contributed by atoms with Crippen LogP contribution in [0.3, 0.4) is 0 Å². The van der Waals surface area contributed by atoms with Gasteiger partial charge in [0.25, 0.3) is 11.5 Å². The molecule has 0 unspecified atom stereocenters. The molecule has 39 heavy (non-hydrogen) atoms. The normalized spacial score (nSPS) is 17.8. The number of carbonyl (C=O) groups excluding carboxylic acids is 1. The molecule has 1 saturated carbocycles. The number of pyridine rings is 1. The van der Waals surface area contributed by atoms with Crippen LogP contribution in [0.4, 0.5) is 0 Å². The van der Waals surface area contributed by atoms with Crippen molar-refractivity contribution in [3.8, 4) is 17.2 Å². The summed E-state index contributed by atoms with van der Waals surface area (Å²) in [7, 11) is 1.61. The third kappa shape index (κ3) is 5.89. The SMILES string of the molecule is COc1ccc2c(C(=O)NC3CC3)cc(=O)n(CCN3CCC(NCc4ccc5c(c4)OCCO5)CC3)c2c1. The Labute approximate surface area is 228 Å². The average molecular weight is 533 g/mol. The van der Waals surface area contributed by atoms with Gasteiger partial charge in [0.05, 0.1) is 18.2 Å². The minimum atomic E-state index is -0.178. The third-order valence-corrected chi connectivity index (χ3v) is 7.91. The van der Waals surface area contributed by atoms with E-state index in [9.17, 15) is 9.59 Å². The van der Waals surface area contributed by atoms with Crippen molar-refractivity contribution in [2.24, 2.45) is 0 Å². The maximum absolute atomic E-state index is 13.2. The first-order chi connectivity index (χ1) is 19.1. The van der Waals surface area contributed by atoms with Gasteiger partial charge in [0.1, 0.15) is 19.0 Å². The summed E-state index contributed by atoms with van der Waals surface area (Å²) >= 11 is 0.